The normalized spacial score (nSPS) is 28.4. The number of carbonyl (C=O) groups is 2. The molecule has 4 aliphatic rings. The fraction of sp³-hybridized carbons (Fsp3) is 0.200. The molecule has 7 rings (SSSR count). The van der Waals surface area contributed by atoms with Crippen molar-refractivity contribution in [1.29, 1.82) is 0 Å². The minimum atomic E-state index is -0.648. The zero-order valence-corrected chi connectivity index (χ0v) is 16.9. The average molecular weight is 418 g/mol. The summed E-state index contributed by atoms with van der Waals surface area (Å²) in [6.07, 6.45) is 0. The molecule has 0 saturated carbocycles. The molecule has 0 unspecified atom stereocenters. The Labute approximate surface area is 178 Å². The van der Waals surface area contributed by atoms with E-state index < -0.39 is 23.1 Å². The third-order valence-corrected chi connectivity index (χ3v) is 7.51. The Morgan fingerprint density at radius 1 is 0.900 bits per heavy atom. The van der Waals surface area contributed by atoms with Crippen LogP contribution in [0.4, 0.5) is 10.1 Å². The lowest BCUT2D eigenvalue weighted by molar-refractivity contribution is -0.123. The van der Waals surface area contributed by atoms with Crippen LogP contribution in [0.2, 0.25) is 5.02 Å². The van der Waals surface area contributed by atoms with E-state index in [4.69, 9.17) is 11.6 Å². The second kappa shape index (κ2) is 5.79. The van der Waals surface area contributed by atoms with Gasteiger partial charge in [-0.25, -0.2) is 9.29 Å². The second-order valence-electron chi connectivity index (χ2n) is 8.47. The number of anilines is 1. The van der Waals surface area contributed by atoms with Gasteiger partial charge >= 0.3 is 0 Å². The Morgan fingerprint density at radius 2 is 1.50 bits per heavy atom. The van der Waals surface area contributed by atoms with E-state index in [1.165, 1.54) is 18.2 Å². The predicted octanol–water partition coefficient (Wildman–Crippen LogP) is 5.05. The Morgan fingerprint density at radius 3 is 2.10 bits per heavy atom. The quantitative estimate of drug-likeness (QED) is 0.519. The number of halogens is 2. The van der Waals surface area contributed by atoms with Gasteiger partial charge in [0.05, 0.1) is 22.5 Å². The maximum absolute atomic E-state index is 14.1. The summed E-state index contributed by atoms with van der Waals surface area (Å²) >= 11 is 5.82. The van der Waals surface area contributed by atoms with Crippen LogP contribution in [0.1, 0.15) is 35.1 Å². The van der Waals surface area contributed by atoms with Gasteiger partial charge in [0.1, 0.15) is 5.82 Å². The third-order valence-electron chi connectivity index (χ3n) is 7.20. The van der Waals surface area contributed by atoms with Gasteiger partial charge in [-0.3, -0.25) is 9.59 Å². The van der Waals surface area contributed by atoms with Crippen LogP contribution in [0, 0.1) is 17.7 Å². The van der Waals surface area contributed by atoms with Crippen molar-refractivity contribution in [3.8, 4) is 0 Å². The molecule has 1 fully saturated rings. The summed E-state index contributed by atoms with van der Waals surface area (Å²) < 4.78 is 14.1. The van der Waals surface area contributed by atoms with Gasteiger partial charge in [-0.1, -0.05) is 67.1 Å². The summed E-state index contributed by atoms with van der Waals surface area (Å²) in [4.78, 5) is 28.5. The minimum absolute atomic E-state index is 0.0397. The molecule has 1 aliphatic heterocycles. The van der Waals surface area contributed by atoms with E-state index in [1.54, 1.807) is 0 Å². The number of carbonyl (C=O) groups excluding carboxylic acids is 2. The molecule has 2 amide bonds. The zero-order valence-electron chi connectivity index (χ0n) is 16.1. The van der Waals surface area contributed by atoms with Crippen molar-refractivity contribution < 1.29 is 14.0 Å². The molecule has 0 spiro atoms. The van der Waals surface area contributed by atoms with Crippen LogP contribution in [-0.4, -0.2) is 11.8 Å². The summed E-state index contributed by atoms with van der Waals surface area (Å²) in [6, 6.07) is 20.3. The fourth-order valence-electron chi connectivity index (χ4n) is 6.03. The van der Waals surface area contributed by atoms with E-state index in [1.807, 2.05) is 24.3 Å². The summed E-state index contributed by atoms with van der Waals surface area (Å²) in [5.41, 5.74) is 4.01. The van der Waals surface area contributed by atoms with Gasteiger partial charge in [-0.15, -0.1) is 0 Å². The first-order chi connectivity index (χ1) is 14.4. The molecule has 2 bridgehead atoms. The monoisotopic (exact) mass is 417 g/mol. The van der Waals surface area contributed by atoms with Gasteiger partial charge in [0, 0.05) is 11.3 Å². The molecular weight excluding hydrogens is 401 g/mol. The summed E-state index contributed by atoms with van der Waals surface area (Å²) in [5, 5.41) is -0.0397. The van der Waals surface area contributed by atoms with Crippen molar-refractivity contribution in [2.75, 3.05) is 4.90 Å². The van der Waals surface area contributed by atoms with Crippen LogP contribution in [0.3, 0.4) is 0 Å². The first-order valence-electron chi connectivity index (χ1n) is 9.96. The van der Waals surface area contributed by atoms with Gasteiger partial charge in [0.25, 0.3) is 0 Å². The average Bonchev–Trinajstić information content (AvgIpc) is 3.02. The molecule has 3 aromatic rings. The zero-order chi connectivity index (χ0) is 20.8. The van der Waals surface area contributed by atoms with Crippen molar-refractivity contribution >= 4 is 29.1 Å². The van der Waals surface area contributed by atoms with Crippen LogP contribution < -0.4 is 4.90 Å². The lowest BCUT2D eigenvalue weighted by Crippen LogP contribution is -2.51. The van der Waals surface area contributed by atoms with Crippen molar-refractivity contribution in [3.63, 3.8) is 0 Å². The van der Waals surface area contributed by atoms with E-state index in [0.717, 1.165) is 27.2 Å². The number of amides is 2. The van der Waals surface area contributed by atoms with E-state index in [0.29, 0.717) is 0 Å². The summed E-state index contributed by atoms with van der Waals surface area (Å²) in [7, 11) is 0. The highest BCUT2D eigenvalue weighted by Gasteiger charge is 2.66. The highest BCUT2D eigenvalue weighted by molar-refractivity contribution is 6.31. The van der Waals surface area contributed by atoms with Gasteiger partial charge in [-0.2, -0.15) is 0 Å². The minimum Gasteiger partial charge on any atom is -0.274 e. The lowest BCUT2D eigenvalue weighted by atomic mass is 9.48. The largest absolute Gasteiger partial charge is 0.274 e. The number of imide groups is 1. The Balaban J connectivity index is 1.60. The molecular formula is C25H17ClFNO2. The number of benzene rings is 3. The molecule has 1 saturated heterocycles. The molecule has 0 radical (unpaired) electrons. The van der Waals surface area contributed by atoms with Crippen LogP contribution in [-0.2, 0) is 15.0 Å². The molecule has 0 aromatic heterocycles. The molecule has 0 N–H and O–H groups in total. The number of hydrogen-bond acceptors (Lipinski definition) is 2. The van der Waals surface area contributed by atoms with E-state index in [2.05, 4.69) is 31.2 Å². The maximum atomic E-state index is 14.1. The van der Waals surface area contributed by atoms with E-state index in [9.17, 15) is 14.0 Å². The standard InChI is InChI=1S/C25H17ClFNO2/c1-25-16-8-4-2-6-14(16)20(15-7-3-5-9-17(15)25)21-22(25)24(30)28(23(21)29)13-10-11-18(26)19(27)12-13/h2-12,20-22H,1H3/t20?,21-,22-,25?/m0/s1. The highest BCUT2D eigenvalue weighted by atomic mass is 35.5. The Bertz CT molecular complexity index is 1220. The second-order valence-corrected chi connectivity index (χ2v) is 8.88. The van der Waals surface area contributed by atoms with Gasteiger partial charge in [0.15, 0.2) is 0 Å². The van der Waals surface area contributed by atoms with Gasteiger partial charge in [-0.05, 0) is 40.5 Å². The van der Waals surface area contributed by atoms with Crippen molar-refractivity contribution in [1.82, 2.24) is 0 Å². The van der Waals surface area contributed by atoms with Gasteiger partial charge in [0.2, 0.25) is 11.8 Å². The topological polar surface area (TPSA) is 37.4 Å². The third kappa shape index (κ3) is 1.95. The number of nitrogens with zero attached hydrogens (tertiary/aromatic N) is 1. The molecule has 1 heterocycles. The van der Waals surface area contributed by atoms with Crippen molar-refractivity contribution in [2.45, 2.75) is 18.3 Å². The molecule has 3 nitrogen and oxygen atoms in total. The summed E-state index contributed by atoms with van der Waals surface area (Å²) in [6.45, 7) is 2.06. The SMILES string of the molecule is CC12c3ccccc3C(c3ccccc31)[C@@H]1C(=O)N(c3ccc(Cl)c(F)c3)C(=O)[C@H]12. The van der Waals surface area contributed by atoms with Crippen LogP contribution in [0.15, 0.2) is 66.7 Å². The molecule has 2 atom stereocenters. The predicted molar refractivity (Wildman–Crippen MR) is 112 cm³/mol. The first kappa shape index (κ1) is 17.8. The van der Waals surface area contributed by atoms with Crippen LogP contribution >= 0.6 is 11.6 Å². The van der Waals surface area contributed by atoms with Crippen molar-refractivity contribution in [2.24, 2.45) is 11.8 Å². The molecule has 3 aromatic carbocycles. The molecule has 148 valence electrons. The molecule has 5 heteroatoms. The molecule has 3 aliphatic carbocycles. The fourth-order valence-corrected chi connectivity index (χ4v) is 6.15. The lowest BCUT2D eigenvalue weighted by Gasteiger charge is -2.52. The van der Waals surface area contributed by atoms with Gasteiger partial charge < -0.3 is 0 Å². The molecule has 30 heavy (non-hydrogen) atoms. The maximum Gasteiger partial charge on any atom is 0.238 e. The van der Waals surface area contributed by atoms with Crippen LogP contribution in [0.5, 0.6) is 0 Å². The summed E-state index contributed by atoms with van der Waals surface area (Å²) in [5.74, 6) is -2.42. The first-order valence-corrected chi connectivity index (χ1v) is 10.3. The Kier molecular flexibility index (Phi) is 3.45. The van der Waals surface area contributed by atoms with Crippen LogP contribution in [0.25, 0.3) is 0 Å². The number of hydrogen-bond donors (Lipinski definition) is 0. The highest BCUT2D eigenvalue weighted by Crippen LogP contribution is 2.64. The van der Waals surface area contributed by atoms with E-state index in [-0.39, 0.29) is 28.4 Å². The Hall–Kier alpha value is -2.98. The smallest absolute Gasteiger partial charge is 0.238 e. The van der Waals surface area contributed by atoms with E-state index >= 15 is 0 Å². The number of rotatable bonds is 1. The van der Waals surface area contributed by atoms with Crippen molar-refractivity contribution in [3.05, 3.63) is 99.8 Å².